The molecule has 8 heteroatoms. The molecule has 0 aliphatic carbocycles. The first-order valence-corrected chi connectivity index (χ1v) is 14.8. The van der Waals surface area contributed by atoms with Gasteiger partial charge in [0.2, 0.25) is 0 Å². The molecule has 0 heterocycles. The Bertz CT molecular complexity index is 915. The molecule has 1 unspecified atom stereocenters. The fourth-order valence-corrected chi connectivity index (χ4v) is 5.18. The van der Waals surface area contributed by atoms with Gasteiger partial charge in [-0.15, -0.1) is 0 Å². The maximum atomic E-state index is 12.3. The molecule has 0 N–H and O–H groups in total. The number of carbonyl (C=O) groups excluding carboxylic acids is 1. The number of phosphoric acid groups is 1. The molecule has 0 aliphatic rings. The number of benzene rings is 2. The van der Waals surface area contributed by atoms with Gasteiger partial charge in [0.15, 0.2) is 0 Å². The van der Waals surface area contributed by atoms with Crippen LogP contribution in [0.25, 0.3) is 0 Å². The normalized spacial score (nSPS) is 12.2. The summed E-state index contributed by atoms with van der Waals surface area (Å²) < 4.78 is 32.9. The molecule has 0 radical (unpaired) electrons. The average molecular weight is 532 g/mol. The standard InChI is InChI=1S/C29H42NO6P/c1-4-34-37(32,35-5-2)36-23-17-9-7-6-8-16-22-27(24-28(31)33-3)30-29(25-18-12-10-13-19-25)26-20-14-11-15-21-26/h10-15,18-21,27H,4-9,16-17,22-24H2,1-3H3. The van der Waals surface area contributed by atoms with Gasteiger partial charge in [-0.25, -0.2) is 4.57 Å². The predicted octanol–water partition coefficient (Wildman–Crippen LogP) is 7.38. The first-order valence-electron chi connectivity index (χ1n) is 13.3. The highest BCUT2D eigenvalue weighted by Crippen LogP contribution is 2.49. The number of nitrogens with zero attached hydrogens (tertiary/aromatic N) is 1. The third kappa shape index (κ3) is 12.2. The Morgan fingerprint density at radius 2 is 1.30 bits per heavy atom. The largest absolute Gasteiger partial charge is 0.474 e. The van der Waals surface area contributed by atoms with Crippen molar-refractivity contribution in [1.29, 1.82) is 0 Å². The highest BCUT2D eigenvalue weighted by molar-refractivity contribution is 7.48. The maximum Gasteiger partial charge on any atom is 0.474 e. The number of methoxy groups -OCH3 is 1. The van der Waals surface area contributed by atoms with Crippen LogP contribution in [0.1, 0.15) is 76.3 Å². The molecule has 2 rings (SSSR count). The van der Waals surface area contributed by atoms with Gasteiger partial charge in [0.05, 0.1) is 45.1 Å². The zero-order chi connectivity index (χ0) is 26.8. The number of carbonyl (C=O) groups is 1. The number of hydrogen-bond donors (Lipinski definition) is 0. The van der Waals surface area contributed by atoms with E-state index in [4.69, 9.17) is 23.3 Å². The number of esters is 1. The third-order valence-electron chi connectivity index (χ3n) is 5.79. The summed E-state index contributed by atoms with van der Waals surface area (Å²) >= 11 is 0. The molecule has 0 aromatic heterocycles. The minimum absolute atomic E-state index is 0.150. The molecule has 0 amide bonds. The van der Waals surface area contributed by atoms with E-state index in [-0.39, 0.29) is 31.6 Å². The van der Waals surface area contributed by atoms with Crippen LogP contribution in [-0.4, -0.2) is 44.7 Å². The van der Waals surface area contributed by atoms with E-state index >= 15 is 0 Å². The molecule has 7 nitrogen and oxygen atoms in total. The Balaban J connectivity index is 1.86. The van der Waals surface area contributed by atoms with E-state index in [1.807, 2.05) is 60.7 Å². The molecular formula is C29H42NO6P. The molecule has 2 aromatic rings. The molecule has 37 heavy (non-hydrogen) atoms. The summed E-state index contributed by atoms with van der Waals surface area (Å²) in [4.78, 5) is 17.2. The van der Waals surface area contributed by atoms with Crippen molar-refractivity contribution in [3.63, 3.8) is 0 Å². The molecule has 204 valence electrons. The topological polar surface area (TPSA) is 83.4 Å². The number of unbranched alkanes of at least 4 members (excludes halogenated alkanes) is 5. The highest BCUT2D eigenvalue weighted by Gasteiger charge is 2.24. The van der Waals surface area contributed by atoms with Crippen molar-refractivity contribution >= 4 is 19.5 Å². The van der Waals surface area contributed by atoms with Crippen molar-refractivity contribution in [2.24, 2.45) is 4.99 Å². The van der Waals surface area contributed by atoms with Gasteiger partial charge in [0.25, 0.3) is 0 Å². The number of aliphatic imine (C=N–C) groups is 1. The maximum absolute atomic E-state index is 12.3. The van der Waals surface area contributed by atoms with Crippen LogP contribution >= 0.6 is 7.82 Å². The number of ether oxygens (including phenoxy) is 1. The van der Waals surface area contributed by atoms with E-state index < -0.39 is 7.82 Å². The molecule has 0 spiro atoms. The molecule has 2 aromatic carbocycles. The van der Waals surface area contributed by atoms with Gasteiger partial charge in [-0.1, -0.05) is 92.8 Å². The summed E-state index contributed by atoms with van der Waals surface area (Å²) in [5.74, 6) is -0.245. The summed E-state index contributed by atoms with van der Waals surface area (Å²) in [6, 6.07) is 20.0. The first-order chi connectivity index (χ1) is 18.0. The van der Waals surface area contributed by atoms with Gasteiger partial charge in [-0.3, -0.25) is 23.4 Å². The number of rotatable bonds is 19. The fourth-order valence-electron chi connectivity index (χ4n) is 3.97. The van der Waals surface area contributed by atoms with Crippen LogP contribution in [0, 0.1) is 0 Å². The van der Waals surface area contributed by atoms with E-state index in [0.717, 1.165) is 61.8 Å². The Hall–Kier alpha value is -2.31. The number of phosphoric ester groups is 1. The second kappa shape index (κ2) is 18.0. The van der Waals surface area contributed by atoms with Gasteiger partial charge < -0.3 is 4.74 Å². The first kappa shape index (κ1) is 30.9. The molecule has 0 fully saturated rings. The third-order valence-corrected chi connectivity index (χ3v) is 7.44. The molecular weight excluding hydrogens is 489 g/mol. The Morgan fingerprint density at radius 1 is 0.784 bits per heavy atom. The van der Waals surface area contributed by atoms with Crippen LogP contribution in [0.2, 0.25) is 0 Å². The second-order valence-electron chi connectivity index (χ2n) is 8.67. The quantitative estimate of drug-likeness (QED) is 0.0814. The van der Waals surface area contributed by atoms with Crippen molar-refractivity contribution < 1.29 is 27.7 Å². The van der Waals surface area contributed by atoms with E-state index in [1.165, 1.54) is 7.11 Å². The van der Waals surface area contributed by atoms with Crippen LogP contribution in [0.4, 0.5) is 0 Å². The smallest absolute Gasteiger partial charge is 0.469 e. The van der Waals surface area contributed by atoms with Crippen molar-refractivity contribution in [3.8, 4) is 0 Å². The monoisotopic (exact) mass is 531 g/mol. The lowest BCUT2D eigenvalue weighted by Gasteiger charge is -2.16. The molecule has 0 saturated carbocycles. The zero-order valence-electron chi connectivity index (χ0n) is 22.5. The van der Waals surface area contributed by atoms with Gasteiger partial charge in [0, 0.05) is 11.1 Å². The zero-order valence-corrected chi connectivity index (χ0v) is 23.4. The van der Waals surface area contributed by atoms with Gasteiger partial charge in [0.1, 0.15) is 0 Å². The summed E-state index contributed by atoms with van der Waals surface area (Å²) in [6.07, 6.45) is 7.02. The summed E-state index contributed by atoms with van der Waals surface area (Å²) in [5, 5.41) is 0. The van der Waals surface area contributed by atoms with Crippen molar-refractivity contribution in [1.82, 2.24) is 0 Å². The summed E-state index contributed by atoms with van der Waals surface area (Å²) in [6.45, 7) is 4.46. The van der Waals surface area contributed by atoms with Gasteiger partial charge in [-0.2, -0.15) is 0 Å². The van der Waals surface area contributed by atoms with Crippen molar-refractivity contribution in [2.75, 3.05) is 26.9 Å². The van der Waals surface area contributed by atoms with Crippen molar-refractivity contribution in [3.05, 3.63) is 71.8 Å². The minimum Gasteiger partial charge on any atom is -0.469 e. The minimum atomic E-state index is -3.42. The van der Waals surface area contributed by atoms with Gasteiger partial charge >= 0.3 is 13.8 Å². The lowest BCUT2D eigenvalue weighted by Crippen LogP contribution is -2.17. The molecule has 0 bridgehead atoms. The summed E-state index contributed by atoms with van der Waals surface area (Å²) in [5.41, 5.74) is 2.96. The fraction of sp³-hybridized carbons (Fsp3) is 0.517. The highest BCUT2D eigenvalue weighted by atomic mass is 31.2. The van der Waals surface area contributed by atoms with Crippen LogP contribution in [-0.2, 0) is 27.7 Å². The van der Waals surface area contributed by atoms with E-state index in [1.54, 1.807) is 13.8 Å². The van der Waals surface area contributed by atoms with Crippen molar-refractivity contribution in [2.45, 2.75) is 71.3 Å². The van der Waals surface area contributed by atoms with E-state index in [9.17, 15) is 9.36 Å². The number of hydrogen-bond acceptors (Lipinski definition) is 7. The second-order valence-corrected chi connectivity index (χ2v) is 10.3. The molecule has 1 atom stereocenters. The van der Waals surface area contributed by atoms with E-state index in [2.05, 4.69) is 0 Å². The van der Waals surface area contributed by atoms with Crippen LogP contribution in [0.5, 0.6) is 0 Å². The van der Waals surface area contributed by atoms with E-state index in [0.29, 0.717) is 6.61 Å². The lowest BCUT2D eigenvalue weighted by atomic mass is 10.00. The van der Waals surface area contributed by atoms with Crippen LogP contribution in [0.15, 0.2) is 65.7 Å². The lowest BCUT2D eigenvalue weighted by molar-refractivity contribution is -0.141. The molecule has 0 aliphatic heterocycles. The Kier molecular flexibility index (Phi) is 15.1. The summed E-state index contributed by atoms with van der Waals surface area (Å²) in [7, 11) is -2.00. The predicted molar refractivity (Wildman–Crippen MR) is 148 cm³/mol. The van der Waals surface area contributed by atoms with Crippen LogP contribution < -0.4 is 0 Å². The Morgan fingerprint density at radius 3 is 1.81 bits per heavy atom. The van der Waals surface area contributed by atoms with Crippen LogP contribution in [0.3, 0.4) is 0 Å². The molecule has 0 saturated heterocycles. The Labute approximate surface area is 222 Å². The average Bonchev–Trinajstić information content (AvgIpc) is 2.91. The SMILES string of the molecule is CCOP(=O)(OCC)OCCCCCCCCC(CC(=O)OC)N=C(c1ccccc1)c1ccccc1. The van der Waals surface area contributed by atoms with Gasteiger partial charge in [-0.05, 0) is 26.7 Å².